The van der Waals surface area contributed by atoms with Crippen LogP contribution in [0.3, 0.4) is 0 Å². The normalized spacial score (nSPS) is 17.7. The van der Waals surface area contributed by atoms with Gasteiger partial charge in [0.05, 0.1) is 13.2 Å². The minimum Gasteiger partial charge on any atom is -0.497 e. The first-order valence-electron chi connectivity index (χ1n) is 5.34. The summed E-state index contributed by atoms with van der Waals surface area (Å²) in [6, 6.07) is 6.10. The van der Waals surface area contributed by atoms with Gasteiger partial charge < -0.3 is 10.1 Å². The number of carbonyl (C=O) groups excluding carboxylic acids is 1. The number of hydrogen-bond donors (Lipinski definition) is 1. The largest absolute Gasteiger partial charge is 0.497 e. The predicted molar refractivity (Wildman–Crippen MR) is 62.4 cm³/mol. The van der Waals surface area contributed by atoms with Gasteiger partial charge in [-0.25, -0.2) is 0 Å². The fraction of sp³-hybridized carbons (Fsp3) is 0.308. The summed E-state index contributed by atoms with van der Waals surface area (Å²) in [5.74, 6) is 0.753. The van der Waals surface area contributed by atoms with E-state index in [1.54, 1.807) is 7.11 Å². The highest BCUT2D eigenvalue weighted by Gasteiger charge is 2.23. The number of benzene rings is 1. The average molecular weight is 217 g/mol. The minimum absolute atomic E-state index is 0.117. The van der Waals surface area contributed by atoms with Gasteiger partial charge in [0.1, 0.15) is 5.75 Å². The number of nitrogens with one attached hydrogen (secondary N) is 1. The molecular formula is C13H15NO2. The van der Waals surface area contributed by atoms with Gasteiger partial charge in [-0.15, -0.1) is 0 Å². The van der Waals surface area contributed by atoms with Crippen LogP contribution in [0.2, 0.25) is 0 Å². The van der Waals surface area contributed by atoms with Crippen LogP contribution < -0.4 is 10.1 Å². The molecule has 0 bridgehead atoms. The lowest BCUT2D eigenvalue weighted by molar-refractivity contribution is -0.117. The van der Waals surface area contributed by atoms with E-state index in [1.165, 1.54) is 17.2 Å². The Bertz CT molecular complexity index is 426. The van der Waals surface area contributed by atoms with Crippen LogP contribution in [0.15, 0.2) is 30.9 Å². The molecule has 84 valence electrons. The van der Waals surface area contributed by atoms with Crippen molar-refractivity contribution in [1.82, 2.24) is 5.32 Å². The summed E-state index contributed by atoms with van der Waals surface area (Å²) in [6.07, 6.45) is 3.23. The molecule has 0 fully saturated rings. The SMILES string of the molecule is C=CC(=O)N[C@@H]1CCc2cc(OC)ccc21. The van der Waals surface area contributed by atoms with Gasteiger partial charge >= 0.3 is 0 Å². The predicted octanol–water partition coefficient (Wildman–Crippen LogP) is 1.98. The quantitative estimate of drug-likeness (QED) is 0.786. The molecule has 1 aromatic rings. The summed E-state index contributed by atoms with van der Waals surface area (Å²) in [4.78, 5) is 11.2. The van der Waals surface area contributed by atoms with E-state index in [0.717, 1.165) is 18.6 Å². The summed E-state index contributed by atoms with van der Waals surface area (Å²) in [6.45, 7) is 3.45. The number of hydrogen-bond acceptors (Lipinski definition) is 2. The molecule has 0 heterocycles. The maximum Gasteiger partial charge on any atom is 0.243 e. The highest BCUT2D eigenvalue weighted by Crippen LogP contribution is 2.33. The fourth-order valence-electron chi connectivity index (χ4n) is 2.10. The zero-order chi connectivity index (χ0) is 11.5. The van der Waals surface area contributed by atoms with Crippen molar-refractivity contribution in [1.29, 1.82) is 0 Å². The van der Waals surface area contributed by atoms with Crippen LogP contribution in [0, 0.1) is 0 Å². The Balaban J connectivity index is 2.20. The minimum atomic E-state index is -0.117. The van der Waals surface area contributed by atoms with Crippen LogP contribution in [-0.4, -0.2) is 13.0 Å². The second-order valence-corrected chi connectivity index (χ2v) is 3.87. The lowest BCUT2D eigenvalue weighted by Crippen LogP contribution is -2.24. The molecule has 2 rings (SSSR count). The molecule has 0 saturated carbocycles. The van der Waals surface area contributed by atoms with Crippen molar-refractivity contribution in [3.63, 3.8) is 0 Å². The van der Waals surface area contributed by atoms with E-state index < -0.39 is 0 Å². The van der Waals surface area contributed by atoms with E-state index in [4.69, 9.17) is 4.74 Å². The summed E-state index contributed by atoms with van der Waals surface area (Å²) in [7, 11) is 1.66. The molecule has 3 heteroatoms. The third kappa shape index (κ3) is 1.94. The molecule has 0 aliphatic heterocycles. The highest BCUT2D eigenvalue weighted by atomic mass is 16.5. The third-order valence-corrected chi connectivity index (χ3v) is 2.93. The summed E-state index contributed by atoms with van der Waals surface area (Å²) in [5.41, 5.74) is 2.45. The molecule has 1 aromatic carbocycles. The summed E-state index contributed by atoms with van der Waals surface area (Å²) < 4.78 is 5.17. The Hall–Kier alpha value is -1.77. The van der Waals surface area contributed by atoms with Crippen molar-refractivity contribution in [3.05, 3.63) is 42.0 Å². The molecule has 0 saturated heterocycles. The van der Waals surface area contributed by atoms with E-state index >= 15 is 0 Å². The van der Waals surface area contributed by atoms with Gasteiger partial charge in [0, 0.05) is 0 Å². The van der Waals surface area contributed by atoms with Crippen LogP contribution >= 0.6 is 0 Å². The first-order valence-corrected chi connectivity index (χ1v) is 5.34. The highest BCUT2D eigenvalue weighted by molar-refractivity contribution is 5.87. The first kappa shape index (κ1) is 10.7. The van der Waals surface area contributed by atoms with Gasteiger partial charge in [-0.3, -0.25) is 4.79 Å². The standard InChI is InChI=1S/C13H15NO2/c1-3-13(15)14-12-7-4-9-8-10(16-2)5-6-11(9)12/h3,5-6,8,12H,1,4,7H2,2H3,(H,14,15)/t12-/m1/s1. The molecule has 3 nitrogen and oxygen atoms in total. The number of carbonyl (C=O) groups is 1. The molecule has 16 heavy (non-hydrogen) atoms. The van der Waals surface area contributed by atoms with Crippen LogP contribution in [-0.2, 0) is 11.2 Å². The topological polar surface area (TPSA) is 38.3 Å². The van der Waals surface area contributed by atoms with Crippen molar-refractivity contribution >= 4 is 5.91 Å². The van der Waals surface area contributed by atoms with Gasteiger partial charge in [0.2, 0.25) is 5.91 Å². The van der Waals surface area contributed by atoms with Crippen molar-refractivity contribution in [3.8, 4) is 5.75 Å². The van der Waals surface area contributed by atoms with E-state index in [2.05, 4.69) is 11.9 Å². The van der Waals surface area contributed by atoms with Crippen molar-refractivity contribution in [2.75, 3.05) is 7.11 Å². The monoisotopic (exact) mass is 217 g/mol. The van der Waals surface area contributed by atoms with Crippen molar-refractivity contribution in [2.24, 2.45) is 0 Å². The van der Waals surface area contributed by atoms with Gasteiger partial charge in [-0.05, 0) is 42.2 Å². The summed E-state index contributed by atoms with van der Waals surface area (Å²) in [5, 5.41) is 2.92. The molecule has 0 unspecified atom stereocenters. The van der Waals surface area contributed by atoms with E-state index in [0.29, 0.717) is 0 Å². The fourth-order valence-corrected chi connectivity index (χ4v) is 2.10. The first-order chi connectivity index (χ1) is 7.74. The molecule has 1 aliphatic carbocycles. The Morgan fingerprint density at radius 3 is 3.12 bits per heavy atom. The molecule has 0 aromatic heterocycles. The third-order valence-electron chi connectivity index (χ3n) is 2.93. The molecule has 1 N–H and O–H groups in total. The smallest absolute Gasteiger partial charge is 0.243 e. The number of methoxy groups -OCH3 is 1. The van der Waals surface area contributed by atoms with Crippen LogP contribution in [0.5, 0.6) is 5.75 Å². The molecule has 1 amide bonds. The van der Waals surface area contributed by atoms with Gasteiger partial charge in [-0.2, -0.15) is 0 Å². The van der Waals surface area contributed by atoms with Gasteiger partial charge in [0.25, 0.3) is 0 Å². The van der Waals surface area contributed by atoms with Crippen LogP contribution in [0.25, 0.3) is 0 Å². The number of aryl methyl sites for hydroxylation is 1. The van der Waals surface area contributed by atoms with E-state index in [-0.39, 0.29) is 11.9 Å². The lowest BCUT2D eigenvalue weighted by Gasteiger charge is -2.12. The maximum absolute atomic E-state index is 11.2. The number of fused-ring (bicyclic) bond motifs is 1. The van der Waals surface area contributed by atoms with Gasteiger partial charge in [0.15, 0.2) is 0 Å². The molecule has 1 aliphatic rings. The zero-order valence-electron chi connectivity index (χ0n) is 9.32. The van der Waals surface area contributed by atoms with E-state index in [9.17, 15) is 4.79 Å². The number of amides is 1. The van der Waals surface area contributed by atoms with Crippen LogP contribution in [0.1, 0.15) is 23.6 Å². The van der Waals surface area contributed by atoms with Gasteiger partial charge in [-0.1, -0.05) is 12.6 Å². The van der Waals surface area contributed by atoms with Crippen LogP contribution in [0.4, 0.5) is 0 Å². The maximum atomic E-state index is 11.2. The second kappa shape index (κ2) is 4.39. The lowest BCUT2D eigenvalue weighted by atomic mass is 10.1. The Morgan fingerprint density at radius 1 is 1.62 bits per heavy atom. The molecule has 0 spiro atoms. The molecular weight excluding hydrogens is 202 g/mol. The van der Waals surface area contributed by atoms with Crippen molar-refractivity contribution in [2.45, 2.75) is 18.9 Å². The zero-order valence-corrected chi connectivity index (χ0v) is 9.32. The summed E-state index contributed by atoms with van der Waals surface area (Å²) >= 11 is 0. The molecule has 0 radical (unpaired) electrons. The number of rotatable bonds is 3. The van der Waals surface area contributed by atoms with E-state index in [1.807, 2.05) is 18.2 Å². The Morgan fingerprint density at radius 2 is 2.44 bits per heavy atom. The Kier molecular flexibility index (Phi) is 2.95. The Labute approximate surface area is 95.1 Å². The van der Waals surface area contributed by atoms with Crippen molar-refractivity contribution < 1.29 is 9.53 Å². The average Bonchev–Trinajstić information content (AvgIpc) is 2.71. The number of ether oxygens (including phenoxy) is 1. The molecule has 1 atom stereocenters. The second-order valence-electron chi connectivity index (χ2n) is 3.87.